The zero-order valence-corrected chi connectivity index (χ0v) is 19.0. The quantitative estimate of drug-likeness (QED) is 0.299. The predicted octanol–water partition coefficient (Wildman–Crippen LogP) is 6.07. The molecule has 0 spiro atoms. The summed E-state index contributed by atoms with van der Waals surface area (Å²) in [5, 5.41) is 4.00. The second-order valence-electron chi connectivity index (χ2n) is 7.31. The number of nitrogens with zero attached hydrogens (tertiary/aromatic N) is 4. The zero-order valence-electron chi connectivity index (χ0n) is 18.2. The largest absolute Gasteiger partial charge is 0.461 e. The lowest BCUT2D eigenvalue weighted by molar-refractivity contribution is -0.348. The van der Waals surface area contributed by atoms with E-state index in [1.807, 2.05) is 0 Å². The van der Waals surface area contributed by atoms with Gasteiger partial charge in [0.2, 0.25) is 0 Å². The molecule has 0 amide bonds. The molecule has 0 aliphatic heterocycles. The number of aromatic nitrogens is 4. The van der Waals surface area contributed by atoms with Crippen molar-refractivity contribution in [3.8, 4) is 17.2 Å². The van der Waals surface area contributed by atoms with Crippen LogP contribution in [0.25, 0.3) is 17.2 Å². The van der Waals surface area contributed by atoms with Gasteiger partial charge >= 0.3 is 24.0 Å². The number of hydrogen-bond donors (Lipinski definition) is 0. The minimum atomic E-state index is -6.27. The fourth-order valence-corrected chi connectivity index (χ4v) is 3.60. The molecule has 0 radical (unpaired) electrons. The fraction of sp³-hybridized carbons (Fsp3) is 0.333. The van der Waals surface area contributed by atoms with Crippen molar-refractivity contribution < 1.29 is 40.3 Å². The second kappa shape index (κ2) is 9.10. The summed E-state index contributed by atoms with van der Waals surface area (Å²) < 4.78 is 101. The lowest BCUT2D eigenvalue weighted by atomic mass is 9.88. The number of ether oxygens (including phenoxy) is 1. The van der Waals surface area contributed by atoms with Crippen molar-refractivity contribution >= 4 is 17.6 Å². The van der Waals surface area contributed by atoms with Crippen molar-refractivity contribution in [2.45, 2.75) is 38.8 Å². The van der Waals surface area contributed by atoms with Crippen LogP contribution in [-0.2, 0) is 10.4 Å². The number of carbonyl (C=O) groups excluding carboxylic acids is 1. The van der Waals surface area contributed by atoms with E-state index in [-0.39, 0.29) is 40.1 Å². The lowest BCUT2D eigenvalue weighted by Gasteiger charge is -2.32. The van der Waals surface area contributed by atoms with Crippen LogP contribution in [0.3, 0.4) is 0 Å². The molecule has 14 heteroatoms. The maximum Gasteiger partial charge on any atom is 0.435 e. The molecule has 0 fully saturated rings. The number of aryl methyl sites for hydroxylation is 1. The van der Waals surface area contributed by atoms with E-state index >= 15 is 0 Å². The van der Waals surface area contributed by atoms with Crippen LogP contribution in [0, 0.1) is 13.8 Å². The van der Waals surface area contributed by atoms with Gasteiger partial charge in [-0.3, -0.25) is 0 Å². The van der Waals surface area contributed by atoms with E-state index in [9.17, 15) is 35.5 Å². The molecule has 0 saturated heterocycles. The van der Waals surface area contributed by atoms with Gasteiger partial charge in [0.25, 0.3) is 0 Å². The average Bonchev–Trinajstić information content (AvgIpc) is 3.22. The van der Waals surface area contributed by atoms with Gasteiger partial charge < -0.3 is 4.74 Å². The Balaban J connectivity index is 2.14. The summed E-state index contributed by atoms with van der Waals surface area (Å²) >= 11 is 5.92. The maximum atomic E-state index is 14.8. The number of carbonyl (C=O) groups is 1. The summed E-state index contributed by atoms with van der Waals surface area (Å²) in [5.74, 6) is -0.952. The third-order valence-corrected chi connectivity index (χ3v) is 5.32. The molecule has 0 saturated carbocycles. The standard InChI is InChI=1S/C21H16ClF7N4O2/c1-4-35-18(34)15-13(22)9-30-17(31-15)14-7-8-33(32-14)16-10(2)5-6-12(11(16)3)19(23,20(24,25)26)21(27,28)29/h5-9H,4H2,1-3H3. The van der Waals surface area contributed by atoms with Gasteiger partial charge in [-0.05, 0) is 38.0 Å². The molecule has 0 atom stereocenters. The summed E-state index contributed by atoms with van der Waals surface area (Å²) in [5.41, 5.74) is -8.07. The molecule has 3 rings (SSSR count). The van der Waals surface area contributed by atoms with Crippen LogP contribution in [0.15, 0.2) is 30.6 Å². The van der Waals surface area contributed by atoms with Crippen LogP contribution in [0.2, 0.25) is 5.02 Å². The Morgan fingerprint density at radius 3 is 2.26 bits per heavy atom. The monoisotopic (exact) mass is 524 g/mol. The normalized spacial score (nSPS) is 12.7. The fourth-order valence-electron chi connectivity index (χ4n) is 3.43. The second-order valence-corrected chi connectivity index (χ2v) is 7.72. The van der Waals surface area contributed by atoms with Crippen LogP contribution >= 0.6 is 11.6 Å². The third-order valence-electron chi connectivity index (χ3n) is 5.05. The predicted molar refractivity (Wildman–Crippen MR) is 110 cm³/mol. The topological polar surface area (TPSA) is 69.9 Å². The molecule has 35 heavy (non-hydrogen) atoms. The van der Waals surface area contributed by atoms with Crippen molar-refractivity contribution in [3.63, 3.8) is 0 Å². The zero-order chi connectivity index (χ0) is 26.3. The van der Waals surface area contributed by atoms with Crippen LogP contribution in [0.1, 0.15) is 34.1 Å². The van der Waals surface area contributed by atoms with Gasteiger partial charge in [0.05, 0.1) is 23.5 Å². The molecule has 0 bridgehead atoms. The number of rotatable bonds is 5. The number of benzene rings is 1. The highest BCUT2D eigenvalue weighted by atomic mass is 35.5. The van der Waals surface area contributed by atoms with Crippen LogP contribution < -0.4 is 0 Å². The van der Waals surface area contributed by atoms with Gasteiger partial charge in [-0.1, -0.05) is 23.7 Å². The molecule has 188 valence electrons. The summed E-state index contributed by atoms with van der Waals surface area (Å²) in [6, 6.07) is 2.69. The van der Waals surface area contributed by atoms with Gasteiger partial charge in [0.1, 0.15) is 5.69 Å². The van der Waals surface area contributed by atoms with E-state index in [1.54, 1.807) is 6.92 Å². The first-order chi connectivity index (χ1) is 16.1. The van der Waals surface area contributed by atoms with E-state index in [0.717, 1.165) is 23.9 Å². The van der Waals surface area contributed by atoms with Crippen molar-refractivity contribution in [2.24, 2.45) is 0 Å². The molecule has 3 aromatic rings. The first-order valence-electron chi connectivity index (χ1n) is 9.82. The van der Waals surface area contributed by atoms with Crippen LogP contribution in [0.5, 0.6) is 0 Å². The smallest absolute Gasteiger partial charge is 0.435 e. The van der Waals surface area contributed by atoms with Gasteiger partial charge in [-0.2, -0.15) is 31.4 Å². The lowest BCUT2D eigenvalue weighted by Crippen LogP contribution is -2.50. The van der Waals surface area contributed by atoms with Crippen LogP contribution in [0.4, 0.5) is 30.7 Å². The highest BCUT2D eigenvalue weighted by molar-refractivity contribution is 6.33. The Kier molecular flexibility index (Phi) is 6.86. The number of alkyl halides is 7. The molecular weight excluding hydrogens is 509 g/mol. The van der Waals surface area contributed by atoms with Crippen molar-refractivity contribution in [1.82, 2.24) is 19.7 Å². The Morgan fingerprint density at radius 1 is 1.06 bits per heavy atom. The van der Waals surface area contributed by atoms with Gasteiger partial charge in [-0.25, -0.2) is 23.8 Å². The van der Waals surface area contributed by atoms with E-state index in [1.165, 1.54) is 19.2 Å². The van der Waals surface area contributed by atoms with Crippen molar-refractivity contribution in [2.75, 3.05) is 6.61 Å². The first kappa shape index (κ1) is 26.4. The molecule has 0 N–H and O–H groups in total. The molecule has 1 aromatic carbocycles. The van der Waals surface area contributed by atoms with Gasteiger partial charge in [-0.15, -0.1) is 0 Å². The molecule has 2 aromatic heterocycles. The molecule has 0 aliphatic carbocycles. The van der Waals surface area contributed by atoms with E-state index in [2.05, 4.69) is 15.1 Å². The molecule has 6 nitrogen and oxygen atoms in total. The van der Waals surface area contributed by atoms with Crippen molar-refractivity contribution in [1.29, 1.82) is 0 Å². The summed E-state index contributed by atoms with van der Waals surface area (Å²) in [6.07, 6.45) is -10.2. The summed E-state index contributed by atoms with van der Waals surface area (Å²) in [7, 11) is 0. The number of esters is 1. The minimum Gasteiger partial charge on any atom is -0.461 e. The van der Waals surface area contributed by atoms with Crippen LogP contribution in [-0.4, -0.2) is 44.7 Å². The number of hydrogen-bond acceptors (Lipinski definition) is 5. The average molecular weight is 525 g/mol. The molecule has 0 aliphatic rings. The minimum absolute atomic E-state index is 0.00886. The Hall–Kier alpha value is -3.22. The molecule has 2 heterocycles. The van der Waals surface area contributed by atoms with E-state index < -0.39 is 35.1 Å². The highest BCUT2D eigenvalue weighted by Crippen LogP contribution is 2.54. The van der Waals surface area contributed by atoms with Gasteiger partial charge in [0.15, 0.2) is 11.5 Å². The first-order valence-corrected chi connectivity index (χ1v) is 10.2. The highest BCUT2D eigenvalue weighted by Gasteiger charge is 2.74. The Bertz CT molecular complexity index is 1260. The SMILES string of the molecule is CCOC(=O)c1nc(-c2ccn(-c3c(C)ccc(C(F)(C(F)(F)F)C(F)(F)F)c3C)n2)ncc1Cl. The Morgan fingerprint density at radius 2 is 1.69 bits per heavy atom. The molecule has 0 unspecified atom stereocenters. The number of halogens is 8. The summed E-state index contributed by atoms with van der Waals surface area (Å²) in [4.78, 5) is 19.9. The van der Waals surface area contributed by atoms with E-state index in [0.29, 0.717) is 6.07 Å². The third kappa shape index (κ3) is 4.56. The maximum absolute atomic E-state index is 14.8. The van der Waals surface area contributed by atoms with Crippen molar-refractivity contribution in [3.05, 3.63) is 58.0 Å². The van der Waals surface area contributed by atoms with Gasteiger partial charge in [0, 0.05) is 11.8 Å². The molecular formula is C21H16ClF7N4O2. The van der Waals surface area contributed by atoms with E-state index in [4.69, 9.17) is 16.3 Å². The Labute approximate surface area is 198 Å². The summed E-state index contributed by atoms with van der Waals surface area (Å²) in [6.45, 7) is 3.96.